The molecule has 0 unspecified atom stereocenters. The number of carbonyl (C=O) groups is 2. The van der Waals surface area contributed by atoms with Crippen LogP contribution in [-0.2, 0) is 14.9 Å². The maximum absolute atomic E-state index is 11.7. The topological polar surface area (TPSA) is 134 Å². The first-order valence-corrected chi connectivity index (χ1v) is 8.51. The summed E-state index contributed by atoms with van der Waals surface area (Å²) in [6.45, 7) is 5.51. The Hall–Kier alpha value is -2.33. The van der Waals surface area contributed by atoms with Crippen LogP contribution in [0.4, 0.5) is 15.3 Å². The van der Waals surface area contributed by atoms with Crippen molar-refractivity contribution in [2.75, 3.05) is 18.4 Å². The van der Waals surface area contributed by atoms with Crippen molar-refractivity contribution in [3.8, 4) is 0 Å². The van der Waals surface area contributed by atoms with Crippen molar-refractivity contribution in [2.45, 2.75) is 31.3 Å². The van der Waals surface area contributed by atoms with E-state index in [4.69, 9.17) is 9.29 Å². The quantitative estimate of drug-likeness (QED) is 0.466. The normalized spacial score (nSPS) is 11.5. The van der Waals surface area contributed by atoms with Gasteiger partial charge in [-0.2, -0.15) is 8.42 Å². The predicted molar refractivity (Wildman–Crippen MR) is 87.5 cm³/mol. The molecule has 0 radical (unpaired) electrons. The van der Waals surface area contributed by atoms with Crippen LogP contribution in [0.25, 0.3) is 0 Å². The second-order valence-electron chi connectivity index (χ2n) is 5.81. The Kier molecular flexibility index (Phi) is 6.55. The maximum Gasteiger partial charge on any atom is 0.407 e. The van der Waals surface area contributed by atoms with Gasteiger partial charge < -0.3 is 20.7 Å². The third-order valence-electron chi connectivity index (χ3n) is 2.47. The molecule has 0 heterocycles. The van der Waals surface area contributed by atoms with E-state index in [2.05, 4.69) is 16.0 Å². The molecule has 0 aliphatic rings. The summed E-state index contributed by atoms with van der Waals surface area (Å²) in [5, 5.41) is 7.36. The third-order valence-corrected chi connectivity index (χ3v) is 3.32. The van der Waals surface area contributed by atoms with Crippen molar-refractivity contribution >= 4 is 27.9 Å². The molecule has 10 heteroatoms. The lowest BCUT2D eigenvalue weighted by Gasteiger charge is -2.19. The zero-order valence-electron chi connectivity index (χ0n) is 13.6. The van der Waals surface area contributed by atoms with Gasteiger partial charge in [-0.3, -0.25) is 4.55 Å². The molecule has 0 saturated heterocycles. The largest absolute Gasteiger partial charge is 0.444 e. The number of amides is 3. The molecule has 1 aromatic carbocycles. The molecule has 0 atom stereocenters. The first kappa shape index (κ1) is 19.7. The number of benzene rings is 1. The molecule has 24 heavy (non-hydrogen) atoms. The number of nitrogens with one attached hydrogen (secondary N) is 3. The Morgan fingerprint density at radius 3 is 2.38 bits per heavy atom. The lowest BCUT2D eigenvalue weighted by atomic mass is 10.2. The average molecular weight is 359 g/mol. The van der Waals surface area contributed by atoms with Gasteiger partial charge in [0.2, 0.25) is 0 Å². The molecule has 1 aromatic rings. The van der Waals surface area contributed by atoms with Gasteiger partial charge in [-0.1, -0.05) is 6.07 Å². The van der Waals surface area contributed by atoms with Gasteiger partial charge in [-0.25, -0.2) is 9.59 Å². The zero-order chi connectivity index (χ0) is 18.4. The van der Waals surface area contributed by atoms with Gasteiger partial charge in [0.25, 0.3) is 10.1 Å². The summed E-state index contributed by atoms with van der Waals surface area (Å²) >= 11 is 0. The number of carbonyl (C=O) groups excluding carboxylic acids is 2. The smallest absolute Gasteiger partial charge is 0.407 e. The van der Waals surface area contributed by atoms with E-state index in [1.54, 1.807) is 20.8 Å². The standard InChI is InChI=1S/C14H21N3O6S/c1-14(2,3)23-13(19)16-8-7-15-12(18)17-10-5-4-6-11(9-10)24(20,21)22/h4-6,9H,7-8H2,1-3H3,(H,16,19)(H2,15,17,18)(H,20,21,22). The monoisotopic (exact) mass is 359 g/mol. The van der Waals surface area contributed by atoms with Gasteiger partial charge in [-0.15, -0.1) is 0 Å². The Balaban J connectivity index is 2.39. The highest BCUT2D eigenvalue weighted by atomic mass is 32.2. The van der Waals surface area contributed by atoms with Gasteiger partial charge in [0.1, 0.15) is 5.60 Å². The van der Waals surface area contributed by atoms with E-state index in [-0.39, 0.29) is 23.7 Å². The SMILES string of the molecule is CC(C)(C)OC(=O)NCCNC(=O)Nc1cccc(S(=O)(=O)O)c1. The summed E-state index contributed by atoms with van der Waals surface area (Å²) in [5.41, 5.74) is -0.407. The molecular formula is C14H21N3O6S. The molecule has 9 nitrogen and oxygen atoms in total. The highest BCUT2D eigenvalue weighted by Crippen LogP contribution is 2.14. The predicted octanol–water partition coefficient (Wildman–Crippen LogP) is 1.58. The van der Waals surface area contributed by atoms with E-state index in [0.717, 1.165) is 6.07 Å². The Labute approximate surface area is 140 Å². The molecule has 0 fully saturated rings. The van der Waals surface area contributed by atoms with Crippen LogP contribution in [0.2, 0.25) is 0 Å². The minimum atomic E-state index is -4.34. The average Bonchev–Trinajstić information content (AvgIpc) is 2.41. The number of hydrogen-bond donors (Lipinski definition) is 4. The lowest BCUT2D eigenvalue weighted by Crippen LogP contribution is -2.39. The second kappa shape index (κ2) is 7.97. The first-order valence-electron chi connectivity index (χ1n) is 7.07. The molecule has 0 aliphatic carbocycles. The fourth-order valence-electron chi connectivity index (χ4n) is 1.56. The van der Waals surface area contributed by atoms with Crippen LogP contribution in [-0.4, -0.2) is 43.8 Å². The van der Waals surface area contributed by atoms with Crippen molar-refractivity contribution in [2.24, 2.45) is 0 Å². The van der Waals surface area contributed by atoms with Gasteiger partial charge in [0, 0.05) is 18.8 Å². The van der Waals surface area contributed by atoms with Gasteiger partial charge in [0.15, 0.2) is 0 Å². The Morgan fingerprint density at radius 1 is 1.17 bits per heavy atom. The van der Waals surface area contributed by atoms with Crippen molar-refractivity contribution < 1.29 is 27.3 Å². The van der Waals surface area contributed by atoms with Crippen molar-refractivity contribution in [1.82, 2.24) is 10.6 Å². The van der Waals surface area contributed by atoms with Crippen LogP contribution >= 0.6 is 0 Å². The van der Waals surface area contributed by atoms with Crippen molar-refractivity contribution in [3.63, 3.8) is 0 Å². The minimum Gasteiger partial charge on any atom is -0.444 e. The van der Waals surface area contributed by atoms with Crippen LogP contribution < -0.4 is 16.0 Å². The third kappa shape index (κ3) is 7.79. The number of urea groups is 1. The fourth-order valence-corrected chi connectivity index (χ4v) is 2.09. The molecule has 1 rings (SSSR count). The lowest BCUT2D eigenvalue weighted by molar-refractivity contribution is 0.0528. The summed E-state index contributed by atoms with van der Waals surface area (Å²) in [4.78, 5) is 22.7. The zero-order valence-corrected chi connectivity index (χ0v) is 14.4. The number of anilines is 1. The second-order valence-corrected chi connectivity index (χ2v) is 7.23. The number of ether oxygens (including phenoxy) is 1. The van der Waals surface area contributed by atoms with E-state index in [1.807, 2.05) is 0 Å². The summed E-state index contributed by atoms with van der Waals surface area (Å²) in [6, 6.07) is 4.57. The number of rotatable bonds is 5. The molecule has 0 aliphatic heterocycles. The maximum atomic E-state index is 11.7. The molecule has 3 amide bonds. The summed E-state index contributed by atoms with van der Waals surface area (Å²) in [6.07, 6.45) is -0.592. The number of hydrogen-bond acceptors (Lipinski definition) is 5. The Bertz CT molecular complexity index is 697. The van der Waals surface area contributed by atoms with E-state index in [0.29, 0.717) is 0 Å². The molecule has 134 valence electrons. The number of alkyl carbamates (subject to hydrolysis) is 1. The molecule has 0 bridgehead atoms. The fraction of sp³-hybridized carbons (Fsp3) is 0.429. The van der Waals surface area contributed by atoms with Crippen molar-refractivity contribution in [1.29, 1.82) is 0 Å². The van der Waals surface area contributed by atoms with E-state index in [9.17, 15) is 18.0 Å². The molecule has 0 aromatic heterocycles. The summed E-state index contributed by atoms with van der Waals surface area (Å²) in [5.74, 6) is 0. The van der Waals surface area contributed by atoms with Crippen LogP contribution in [0, 0.1) is 0 Å². The van der Waals surface area contributed by atoms with E-state index < -0.39 is 27.8 Å². The first-order chi connectivity index (χ1) is 11.0. The van der Waals surface area contributed by atoms with Gasteiger partial charge in [-0.05, 0) is 39.0 Å². The van der Waals surface area contributed by atoms with Gasteiger partial charge >= 0.3 is 12.1 Å². The van der Waals surface area contributed by atoms with Crippen molar-refractivity contribution in [3.05, 3.63) is 24.3 Å². The molecule has 4 N–H and O–H groups in total. The highest BCUT2D eigenvalue weighted by Gasteiger charge is 2.15. The summed E-state index contributed by atoms with van der Waals surface area (Å²) < 4.78 is 36.0. The minimum absolute atomic E-state index is 0.142. The van der Waals surface area contributed by atoms with Crippen LogP contribution in [0.5, 0.6) is 0 Å². The Morgan fingerprint density at radius 2 is 1.79 bits per heavy atom. The molecule has 0 saturated carbocycles. The highest BCUT2D eigenvalue weighted by molar-refractivity contribution is 7.85. The van der Waals surface area contributed by atoms with Crippen LogP contribution in [0.3, 0.4) is 0 Å². The van der Waals surface area contributed by atoms with E-state index in [1.165, 1.54) is 18.2 Å². The molecule has 0 spiro atoms. The molecular weight excluding hydrogens is 338 g/mol. The van der Waals surface area contributed by atoms with Crippen LogP contribution in [0.15, 0.2) is 29.2 Å². The van der Waals surface area contributed by atoms with E-state index >= 15 is 0 Å². The summed E-state index contributed by atoms with van der Waals surface area (Å²) in [7, 11) is -4.34. The van der Waals surface area contributed by atoms with Crippen LogP contribution in [0.1, 0.15) is 20.8 Å². The van der Waals surface area contributed by atoms with Gasteiger partial charge in [0.05, 0.1) is 4.90 Å².